The smallest absolute Gasteiger partial charge is 0.387 e. The van der Waals surface area contributed by atoms with E-state index in [-0.39, 0.29) is 23.4 Å². The molecule has 3 nitrogen and oxygen atoms in total. The summed E-state index contributed by atoms with van der Waals surface area (Å²) < 4.78 is 76.5. The number of hydrogen-bond donors (Lipinski definition) is 0. The fraction of sp³-hybridized carbons (Fsp3) is 0.250. The van der Waals surface area contributed by atoms with Crippen LogP contribution in [0.4, 0.5) is 22.0 Å². The second kappa shape index (κ2) is 7.67. The molecule has 0 aliphatic rings. The molecule has 0 aliphatic heterocycles. The van der Waals surface area contributed by atoms with Gasteiger partial charge >= 0.3 is 17.3 Å². The average molecular weight is 432 g/mol. The van der Waals surface area contributed by atoms with Crippen LogP contribution in [0.15, 0.2) is 54.7 Å². The molecule has 0 N–H and O–H groups in total. The molecule has 0 amide bonds. The van der Waals surface area contributed by atoms with E-state index >= 15 is 4.39 Å². The van der Waals surface area contributed by atoms with Gasteiger partial charge in [0.05, 0.1) is 23.4 Å². The maximum absolute atomic E-state index is 15.1. The molecule has 1 aromatic carbocycles. The van der Waals surface area contributed by atoms with Gasteiger partial charge in [0, 0.05) is 11.8 Å². The highest BCUT2D eigenvalue weighted by atomic mass is 35.5. The Morgan fingerprint density at radius 3 is 2.31 bits per heavy atom. The zero-order valence-electron chi connectivity index (χ0n) is 15.0. The van der Waals surface area contributed by atoms with Crippen molar-refractivity contribution in [3.05, 3.63) is 65.9 Å². The number of esters is 1. The molecule has 3 aromatic rings. The first-order valence-electron chi connectivity index (χ1n) is 8.55. The van der Waals surface area contributed by atoms with Crippen LogP contribution in [0.3, 0.4) is 0 Å². The first kappa shape index (κ1) is 21.1. The molecular formula is C20H15ClF5NO2. The summed E-state index contributed by atoms with van der Waals surface area (Å²) in [7, 11) is 0. The van der Waals surface area contributed by atoms with E-state index in [0.29, 0.717) is 0 Å². The first-order valence-corrected chi connectivity index (χ1v) is 8.93. The number of benzene rings is 1. The number of ether oxygens (including phenoxy) is 1. The maximum atomic E-state index is 15.1. The third kappa shape index (κ3) is 3.57. The van der Waals surface area contributed by atoms with Crippen LogP contribution in [0.1, 0.15) is 29.0 Å². The van der Waals surface area contributed by atoms with E-state index in [1.165, 1.54) is 47.9 Å². The predicted octanol–water partition coefficient (Wildman–Crippen LogP) is 6.26. The Hall–Kier alpha value is -2.61. The summed E-state index contributed by atoms with van der Waals surface area (Å²) in [5.74, 6) is -6.39. The Morgan fingerprint density at radius 2 is 1.72 bits per heavy atom. The quantitative estimate of drug-likeness (QED) is 0.262. The number of carbonyl (C=O) groups excluding carboxylic acids is 1. The molecule has 2 aromatic heterocycles. The van der Waals surface area contributed by atoms with E-state index in [9.17, 15) is 22.4 Å². The number of halogens is 6. The van der Waals surface area contributed by atoms with Gasteiger partial charge in [-0.1, -0.05) is 36.4 Å². The standard InChI is InChI=1S/C20H15ClF5NO2/c1-2-29-18(28)14-13-10-6-7-11-27(13)16(12-8-4-3-5-9-12)15(14)17(22)19(23,24)20(21,25)26/h3-11,17H,2H2,1H3. The SMILES string of the molecule is CCOC(=O)c1c(C(F)C(F)(F)C(F)(F)Cl)c(-c2ccccc2)n2ccccc12. The Morgan fingerprint density at radius 1 is 1.10 bits per heavy atom. The summed E-state index contributed by atoms with van der Waals surface area (Å²) in [4.78, 5) is 12.5. The lowest BCUT2D eigenvalue weighted by atomic mass is 9.96. The van der Waals surface area contributed by atoms with E-state index in [2.05, 4.69) is 11.6 Å². The van der Waals surface area contributed by atoms with Crippen LogP contribution < -0.4 is 0 Å². The predicted molar refractivity (Wildman–Crippen MR) is 98.4 cm³/mol. The monoisotopic (exact) mass is 431 g/mol. The highest BCUT2D eigenvalue weighted by Crippen LogP contribution is 2.51. The van der Waals surface area contributed by atoms with Crippen molar-refractivity contribution >= 4 is 23.1 Å². The van der Waals surface area contributed by atoms with Gasteiger partial charge in [0.2, 0.25) is 0 Å². The molecule has 2 heterocycles. The Labute approximate surface area is 167 Å². The van der Waals surface area contributed by atoms with Crippen molar-refractivity contribution in [2.24, 2.45) is 0 Å². The van der Waals surface area contributed by atoms with Gasteiger partial charge in [-0.3, -0.25) is 0 Å². The van der Waals surface area contributed by atoms with Gasteiger partial charge in [-0.25, -0.2) is 9.18 Å². The molecule has 0 saturated carbocycles. The number of nitrogens with zero attached hydrogens (tertiary/aromatic N) is 1. The molecule has 0 saturated heterocycles. The highest BCUT2D eigenvalue weighted by Gasteiger charge is 2.63. The lowest BCUT2D eigenvalue weighted by molar-refractivity contribution is -0.196. The summed E-state index contributed by atoms with van der Waals surface area (Å²) in [6.45, 7) is 1.35. The Bertz CT molecular complexity index is 1030. The summed E-state index contributed by atoms with van der Waals surface area (Å²) in [5.41, 5.74) is -1.35. The van der Waals surface area contributed by atoms with Crippen molar-refractivity contribution in [3.8, 4) is 11.3 Å². The van der Waals surface area contributed by atoms with E-state index < -0.39 is 34.6 Å². The fourth-order valence-corrected chi connectivity index (χ4v) is 3.20. The highest BCUT2D eigenvalue weighted by molar-refractivity contribution is 6.22. The van der Waals surface area contributed by atoms with Crippen LogP contribution in [0, 0.1) is 0 Å². The summed E-state index contributed by atoms with van der Waals surface area (Å²) >= 11 is 4.51. The lowest BCUT2D eigenvalue weighted by Crippen LogP contribution is -2.40. The molecule has 0 bridgehead atoms. The van der Waals surface area contributed by atoms with Crippen LogP contribution in [0.5, 0.6) is 0 Å². The minimum Gasteiger partial charge on any atom is -0.462 e. The van der Waals surface area contributed by atoms with Crippen LogP contribution in [-0.2, 0) is 4.74 Å². The second-order valence-electron chi connectivity index (χ2n) is 6.16. The van der Waals surface area contributed by atoms with Gasteiger partial charge in [-0.05, 0) is 36.2 Å². The zero-order valence-corrected chi connectivity index (χ0v) is 15.8. The molecule has 1 unspecified atom stereocenters. The molecule has 29 heavy (non-hydrogen) atoms. The molecule has 0 fully saturated rings. The molecule has 3 rings (SSSR count). The Balaban J connectivity index is 2.42. The van der Waals surface area contributed by atoms with Crippen LogP contribution in [0.25, 0.3) is 16.8 Å². The van der Waals surface area contributed by atoms with Crippen molar-refractivity contribution in [3.63, 3.8) is 0 Å². The number of rotatable bonds is 6. The molecule has 1 atom stereocenters. The van der Waals surface area contributed by atoms with Crippen molar-refractivity contribution in [1.82, 2.24) is 4.40 Å². The number of hydrogen-bond acceptors (Lipinski definition) is 2. The van der Waals surface area contributed by atoms with Gasteiger partial charge in [0.25, 0.3) is 0 Å². The minimum absolute atomic E-state index is 0.0381. The van der Waals surface area contributed by atoms with Gasteiger partial charge < -0.3 is 9.14 Å². The number of fused-ring (bicyclic) bond motifs is 1. The largest absolute Gasteiger partial charge is 0.462 e. The summed E-state index contributed by atoms with van der Waals surface area (Å²) in [6, 6.07) is 12.1. The number of alkyl halides is 6. The molecule has 0 radical (unpaired) electrons. The summed E-state index contributed by atoms with van der Waals surface area (Å²) in [5, 5.41) is -5.18. The van der Waals surface area contributed by atoms with Crippen LogP contribution in [-0.4, -0.2) is 28.3 Å². The topological polar surface area (TPSA) is 30.7 Å². The van der Waals surface area contributed by atoms with E-state index in [1.807, 2.05) is 0 Å². The third-order valence-electron chi connectivity index (χ3n) is 4.36. The lowest BCUT2D eigenvalue weighted by Gasteiger charge is -2.25. The molecule has 9 heteroatoms. The van der Waals surface area contributed by atoms with Gasteiger partial charge in [-0.2, -0.15) is 17.6 Å². The van der Waals surface area contributed by atoms with Crippen LogP contribution in [0.2, 0.25) is 0 Å². The number of aromatic nitrogens is 1. The normalized spacial score (nSPS) is 13.5. The Kier molecular flexibility index (Phi) is 5.58. The second-order valence-corrected chi connectivity index (χ2v) is 6.64. The molecule has 0 spiro atoms. The molecular weight excluding hydrogens is 417 g/mol. The molecule has 0 aliphatic carbocycles. The fourth-order valence-electron chi connectivity index (χ4n) is 3.11. The van der Waals surface area contributed by atoms with Crippen molar-refractivity contribution in [2.75, 3.05) is 6.61 Å². The van der Waals surface area contributed by atoms with Crippen LogP contribution >= 0.6 is 11.6 Å². The first-order chi connectivity index (χ1) is 13.6. The molecule has 154 valence electrons. The number of pyridine rings is 1. The van der Waals surface area contributed by atoms with Crippen molar-refractivity contribution in [2.45, 2.75) is 24.4 Å². The van der Waals surface area contributed by atoms with Gasteiger partial charge in [-0.15, -0.1) is 0 Å². The number of carbonyl (C=O) groups is 1. The zero-order chi connectivity index (χ0) is 21.4. The van der Waals surface area contributed by atoms with Gasteiger partial charge in [0.1, 0.15) is 0 Å². The van der Waals surface area contributed by atoms with E-state index in [4.69, 9.17) is 4.74 Å². The van der Waals surface area contributed by atoms with E-state index in [0.717, 1.165) is 0 Å². The maximum Gasteiger partial charge on any atom is 0.387 e. The van der Waals surface area contributed by atoms with E-state index in [1.54, 1.807) is 18.2 Å². The minimum atomic E-state index is -5.29. The summed E-state index contributed by atoms with van der Waals surface area (Å²) in [6.07, 6.45) is -2.17. The van der Waals surface area contributed by atoms with Gasteiger partial charge in [0.15, 0.2) is 6.17 Å². The van der Waals surface area contributed by atoms with Crippen molar-refractivity contribution in [1.29, 1.82) is 0 Å². The van der Waals surface area contributed by atoms with Crippen molar-refractivity contribution < 1.29 is 31.5 Å². The third-order valence-corrected chi connectivity index (χ3v) is 4.61. The average Bonchev–Trinajstić information content (AvgIpc) is 3.02.